The quantitative estimate of drug-likeness (QED) is 0.434. The van der Waals surface area contributed by atoms with Crippen LogP contribution in [-0.2, 0) is 16.0 Å². The summed E-state index contributed by atoms with van der Waals surface area (Å²) in [5.41, 5.74) is 6.02. The van der Waals surface area contributed by atoms with E-state index in [-0.39, 0.29) is 24.7 Å². The van der Waals surface area contributed by atoms with E-state index in [4.69, 9.17) is 0 Å². The number of carbonyl (C=O) groups excluding carboxylic acids is 2. The maximum Gasteiger partial charge on any atom is 0.240 e. The van der Waals surface area contributed by atoms with Gasteiger partial charge >= 0.3 is 0 Å². The van der Waals surface area contributed by atoms with Crippen molar-refractivity contribution in [2.75, 3.05) is 4.90 Å². The molecule has 0 saturated carbocycles. The van der Waals surface area contributed by atoms with Crippen LogP contribution in [0.15, 0.2) is 96.1 Å². The van der Waals surface area contributed by atoms with Gasteiger partial charge in [-0.15, -0.1) is 0 Å². The first-order valence-corrected chi connectivity index (χ1v) is 9.92. The molecule has 5 nitrogen and oxygen atoms in total. The smallest absolute Gasteiger partial charge is 0.240 e. The third-order valence-corrected chi connectivity index (χ3v) is 4.52. The van der Waals surface area contributed by atoms with E-state index in [1.165, 1.54) is 0 Å². The highest BCUT2D eigenvalue weighted by Gasteiger charge is 2.18. The molecule has 0 aromatic heterocycles. The average Bonchev–Trinajstić information content (AvgIpc) is 2.78. The summed E-state index contributed by atoms with van der Waals surface area (Å²) in [6.07, 6.45) is 0.815. The van der Waals surface area contributed by atoms with Crippen molar-refractivity contribution in [3.05, 3.63) is 96.6 Å². The summed E-state index contributed by atoms with van der Waals surface area (Å²) in [4.78, 5) is 26.8. The van der Waals surface area contributed by atoms with Crippen LogP contribution < -0.4 is 10.3 Å². The van der Waals surface area contributed by atoms with Crippen molar-refractivity contribution in [1.29, 1.82) is 0 Å². The number of hydrogen-bond acceptors (Lipinski definition) is 3. The summed E-state index contributed by atoms with van der Waals surface area (Å²) >= 11 is 0. The fourth-order valence-electron chi connectivity index (χ4n) is 3.07. The SMILES string of the molecule is C/C(Cc1ccccc1)=N\NC(=O)CCC(=O)N(c1ccccc1)c1ccccc1. The number of anilines is 2. The lowest BCUT2D eigenvalue weighted by molar-refractivity contribution is -0.124. The minimum Gasteiger partial charge on any atom is -0.281 e. The molecule has 0 saturated heterocycles. The minimum atomic E-state index is -0.281. The Kier molecular flexibility index (Phi) is 7.50. The minimum absolute atomic E-state index is 0.0666. The van der Waals surface area contributed by atoms with Gasteiger partial charge in [-0.2, -0.15) is 5.10 Å². The van der Waals surface area contributed by atoms with Crippen LogP contribution >= 0.6 is 0 Å². The fraction of sp³-hybridized carbons (Fsp3) is 0.160. The number of carbonyl (C=O) groups is 2. The Morgan fingerprint density at radius 1 is 0.767 bits per heavy atom. The number of rotatable bonds is 8. The van der Waals surface area contributed by atoms with Crippen molar-refractivity contribution in [3.63, 3.8) is 0 Å². The normalized spacial score (nSPS) is 11.0. The van der Waals surface area contributed by atoms with Crippen molar-refractivity contribution < 1.29 is 9.59 Å². The molecule has 0 atom stereocenters. The summed E-state index contributed by atoms with van der Waals surface area (Å²) in [5, 5.41) is 4.15. The first-order chi connectivity index (χ1) is 14.6. The zero-order valence-corrected chi connectivity index (χ0v) is 17.0. The topological polar surface area (TPSA) is 61.8 Å². The molecule has 2 amide bonds. The molecule has 0 aliphatic carbocycles. The Bertz CT molecular complexity index is 947. The molecule has 3 rings (SSSR count). The summed E-state index contributed by atoms with van der Waals surface area (Å²) in [7, 11) is 0. The number of benzene rings is 3. The standard InChI is InChI=1S/C25H25N3O2/c1-20(19-21-11-5-2-6-12-21)26-27-24(29)17-18-25(30)28(22-13-7-3-8-14-22)23-15-9-4-10-16-23/h2-16H,17-19H2,1H3,(H,27,29)/b26-20+. The van der Waals surface area contributed by atoms with Gasteiger partial charge in [0.25, 0.3) is 0 Å². The Labute approximate surface area is 177 Å². The van der Waals surface area contributed by atoms with Crippen LogP contribution in [0.25, 0.3) is 0 Å². The monoisotopic (exact) mass is 399 g/mol. The van der Waals surface area contributed by atoms with Crippen LogP contribution in [0.2, 0.25) is 0 Å². The molecule has 0 heterocycles. The molecular weight excluding hydrogens is 374 g/mol. The molecule has 3 aromatic rings. The number of nitrogens with one attached hydrogen (secondary N) is 1. The molecule has 0 bridgehead atoms. The van der Waals surface area contributed by atoms with Gasteiger partial charge in [-0.1, -0.05) is 66.7 Å². The molecule has 1 N–H and O–H groups in total. The van der Waals surface area contributed by atoms with Gasteiger partial charge in [-0.3, -0.25) is 14.5 Å². The molecule has 0 aliphatic rings. The van der Waals surface area contributed by atoms with E-state index in [2.05, 4.69) is 10.5 Å². The van der Waals surface area contributed by atoms with Crippen LogP contribution in [0, 0.1) is 0 Å². The molecule has 152 valence electrons. The van der Waals surface area contributed by atoms with Gasteiger partial charge in [0.1, 0.15) is 0 Å². The third kappa shape index (κ3) is 6.14. The highest BCUT2D eigenvalue weighted by Crippen LogP contribution is 2.26. The maximum atomic E-state index is 12.9. The number of nitrogens with zero attached hydrogens (tertiary/aromatic N) is 2. The van der Waals surface area contributed by atoms with Gasteiger partial charge in [-0.05, 0) is 36.8 Å². The summed E-state index contributed by atoms with van der Waals surface area (Å²) in [6, 6.07) is 28.8. The lowest BCUT2D eigenvalue weighted by Gasteiger charge is -2.23. The molecular formula is C25H25N3O2. The lowest BCUT2D eigenvalue weighted by Crippen LogP contribution is -2.28. The molecule has 0 unspecified atom stereocenters. The molecule has 0 radical (unpaired) electrons. The summed E-state index contributed by atoms with van der Waals surface area (Å²) in [5.74, 6) is -0.427. The van der Waals surface area contributed by atoms with Crippen LogP contribution in [0.4, 0.5) is 11.4 Å². The largest absolute Gasteiger partial charge is 0.281 e. The van der Waals surface area contributed by atoms with Crippen molar-refractivity contribution in [2.45, 2.75) is 26.2 Å². The summed E-state index contributed by atoms with van der Waals surface area (Å²) in [6.45, 7) is 1.87. The van der Waals surface area contributed by atoms with Crippen LogP contribution in [-0.4, -0.2) is 17.5 Å². The Balaban J connectivity index is 1.58. The molecule has 5 heteroatoms. The van der Waals surface area contributed by atoms with Crippen molar-refractivity contribution >= 4 is 28.9 Å². The maximum absolute atomic E-state index is 12.9. The first-order valence-electron chi connectivity index (χ1n) is 9.92. The van der Waals surface area contributed by atoms with Gasteiger partial charge in [0.2, 0.25) is 11.8 Å². The van der Waals surface area contributed by atoms with Gasteiger partial charge in [0, 0.05) is 36.3 Å². The fourth-order valence-corrected chi connectivity index (χ4v) is 3.07. The number of para-hydroxylation sites is 2. The second kappa shape index (κ2) is 10.7. The lowest BCUT2D eigenvalue weighted by atomic mass is 10.1. The van der Waals surface area contributed by atoms with Crippen molar-refractivity contribution in [3.8, 4) is 0 Å². The zero-order chi connectivity index (χ0) is 21.2. The molecule has 30 heavy (non-hydrogen) atoms. The van der Waals surface area contributed by atoms with E-state index in [0.717, 1.165) is 22.6 Å². The predicted molar refractivity (Wildman–Crippen MR) is 121 cm³/mol. The first kappa shape index (κ1) is 21.0. The van der Waals surface area contributed by atoms with E-state index >= 15 is 0 Å². The number of amides is 2. The summed E-state index contributed by atoms with van der Waals surface area (Å²) < 4.78 is 0. The third-order valence-electron chi connectivity index (χ3n) is 4.52. The van der Waals surface area contributed by atoms with E-state index in [0.29, 0.717) is 6.42 Å². The molecule has 0 fully saturated rings. The number of hydrazone groups is 1. The number of hydrogen-bond donors (Lipinski definition) is 1. The van der Waals surface area contributed by atoms with E-state index in [9.17, 15) is 9.59 Å². The predicted octanol–water partition coefficient (Wildman–Crippen LogP) is 4.87. The van der Waals surface area contributed by atoms with Gasteiger partial charge < -0.3 is 0 Å². The van der Waals surface area contributed by atoms with Crippen LogP contribution in [0.3, 0.4) is 0 Å². The van der Waals surface area contributed by atoms with Gasteiger partial charge in [0.15, 0.2) is 0 Å². The van der Waals surface area contributed by atoms with E-state index in [1.54, 1.807) is 4.90 Å². The Morgan fingerprint density at radius 3 is 1.80 bits per heavy atom. The molecule has 3 aromatic carbocycles. The van der Waals surface area contributed by atoms with Gasteiger partial charge in [-0.25, -0.2) is 5.43 Å². The Morgan fingerprint density at radius 2 is 1.27 bits per heavy atom. The average molecular weight is 399 g/mol. The van der Waals surface area contributed by atoms with Gasteiger partial charge in [0.05, 0.1) is 0 Å². The second-order valence-electron chi connectivity index (χ2n) is 6.94. The van der Waals surface area contributed by atoms with Crippen molar-refractivity contribution in [2.24, 2.45) is 5.10 Å². The highest BCUT2D eigenvalue weighted by atomic mass is 16.2. The Hall–Kier alpha value is -3.73. The molecule has 0 aliphatic heterocycles. The van der Waals surface area contributed by atoms with Crippen molar-refractivity contribution in [1.82, 2.24) is 5.43 Å². The highest BCUT2D eigenvalue weighted by molar-refractivity contribution is 6.01. The second-order valence-corrected chi connectivity index (χ2v) is 6.94. The molecule has 0 spiro atoms. The van der Waals surface area contributed by atoms with Crippen LogP contribution in [0.1, 0.15) is 25.3 Å². The van der Waals surface area contributed by atoms with E-state index < -0.39 is 0 Å². The van der Waals surface area contributed by atoms with E-state index in [1.807, 2.05) is 97.9 Å². The zero-order valence-electron chi connectivity index (χ0n) is 17.0. The van der Waals surface area contributed by atoms with Crippen LogP contribution in [0.5, 0.6) is 0 Å².